The first kappa shape index (κ1) is 18.2. The summed E-state index contributed by atoms with van der Waals surface area (Å²) in [6, 6.07) is 16.6. The minimum atomic E-state index is -0.535. The first-order chi connectivity index (χ1) is 13.0. The summed E-state index contributed by atoms with van der Waals surface area (Å²) in [5.74, 6) is 0.507. The number of carbonyl (C=O) groups excluding carboxylic acids is 1. The molecule has 0 spiro atoms. The van der Waals surface area contributed by atoms with Crippen LogP contribution in [0.25, 0.3) is 0 Å². The summed E-state index contributed by atoms with van der Waals surface area (Å²) in [5.41, 5.74) is 4.39. The molecule has 142 valence electrons. The lowest BCUT2D eigenvalue weighted by Gasteiger charge is -2.23. The SMILES string of the molecule is CC1Cc2cc(C(O)CN(C)Cc3ccccc3)ccc2N1C(=O)C1CC1. The van der Waals surface area contributed by atoms with Crippen LogP contribution < -0.4 is 4.90 Å². The van der Waals surface area contributed by atoms with E-state index < -0.39 is 6.10 Å². The van der Waals surface area contributed by atoms with Crippen LogP contribution in [0, 0.1) is 5.92 Å². The molecular formula is C23H28N2O2. The van der Waals surface area contributed by atoms with Crippen molar-refractivity contribution in [3.63, 3.8) is 0 Å². The van der Waals surface area contributed by atoms with Gasteiger partial charge >= 0.3 is 0 Å². The molecule has 4 heteroatoms. The quantitative estimate of drug-likeness (QED) is 0.853. The fraction of sp³-hybridized carbons (Fsp3) is 0.435. The van der Waals surface area contributed by atoms with Gasteiger partial charge in [0.1, 0.15) is 0 Å². The summed E-state index contributed by atoms with van der Waals surface area (Å²) in [6.45, 7) is 3.50. The summed E-state index contributed by atoms with van der Waals surface area (Å²) in [5, 5.41) is 10.7. The van der Waals surface area contributed by atoms with Crippen LogP contribution >= 0.6 is 0 Å². The van der Waals surface area contributed by atoms with E-state index in [1.807, 2.05) is 42.3 Å². The highest BCUT2D eigenvalue weighted by Crippen LogP contribution is 2.39. The molecule has 0 radical (unpaired) electrons. The Bertz CT molecular complexity index is 816. The van der Waals surface area contributed by atoms with Crippen molar-refractivity contribution in [2.75, 3.05) is 18.5 Å². The van der Waals surface area contributed by atoms with Gasteiger partial charge in [-0.2, -0.15) is 0 Å². The van der Waals surface area contributed by atoms with Crippen LogP contribution in [-0.4, -0.2) is 35.5 Å². The molecular weight excluding hydrogens is 336 g/mol. The van der Waals surface area contributed by atoms with Gasteiger partial charge in [-0.25, -0.2) is 0 Å². The molecule has 2 aromatic rings. The van der Waals surface area contributed by atoms with Crippen molar-refractivity contribution in [3.8, 4) is 0 Å². The van der Waals surface area contributed by atoms with E-state index >= 15 is 0 Å². The molecule has 4 rings (SSSR count). The Morgan fingerprint density at radius 1 is 1.22 bits per heavy atom. The number of fused-ring (bicyclic) bond motifs is 1. The maximum atomic E-state index is 12.6. The van der Waals surface area contributed by atoms with Gasteiger partial charge in [0.05, 0.1) is 6.10 Å². The molecule has 2 atom stereocenters. The number of hydrogen-bond acceptors (Lipinski definition) is 3. The topological polar surface area (TPSA) is 43.8 Å². The molecule has 1 aliphatic heterocycles. The Labute approximate surface area is 161 Å². The van der Waals surface area contributed by atoms with E-state index in [2.05, 4.69) is 30.0 Å². The molecule has 1 N–H and O–H groups in total. The molecule has 4 nitrogen and oxygen atoms in total. The number of rotatable bonds is 6. The number of aliphatic hydroxyl groups excluding tert-OH is 1. The van der Waals surface area contributed by atoms with E-state index in [1.165, 1.54) is 11.1 Å². The minimum Gasteiger partial charge on any atom is -0.387 e. The molecule has 0 saturated heterocycles. The fourth-order valence-electron chi connectivity index (χ4n) is 4.08. The Balaban J connectivity index is 1.44. The van der Waals surface area contributed by atoms with Gasteiger partial charge in [-0.1, -0.05) is 42.5 Å². The number of nitrogens with zero attached hydrogens (tertiary/aromatic N) is 2. The third-order valence-electron chi connectivity index (χ3n) is 5.65. The summed E-state index contributed by atoms with van der Waals surface area (Å²) in [4.78, 5) is 16.7. The molecule has 0 aromatic heterocycles. The van der Waals surface area contributed by atoms with Crippen LogP contribution in [0.15, 0.2) is 48.5 Å². The van der Waals surface area contributed by atoms with E-state index in [0.29, 0.717) is 6.54 Å². The van der Waals surface area contributed by atoms with Crippen LogP contribution in [-0.2, 0) is 17.8 Å². The van der Waals surface area contributed by atoms with Gasteiger partial charge in [0.25, 0.3) is 0 Å². The third-order valence-corrected chi connectivity index (χ3v) is 5.65. The Morgan fingerprint density at radius 2 is 1.96 bits per heavy atom. The first-order valence-corrected chi connectivity index (χ1v) is 9.89. The van der Waals surface area contributed by atoms with Crippen molar-refractivity contribution in [1.82, 2.24) is 4.90 Å². The normalized spacial score (nSPS) is 20.0. The van der Waals surface area contributed by atoms with Crippen LogP contribution in [0.5, 0.6) is 0 Å². The van der Waals surface area contributed by atoms with Gasteiger partial charge < -0.3 is 10.0 Å². The summed E-state index contributed by atoms with van der Waals surface area (Å²) in [6.07, 6.45) is 2.39. The molecule has 2 aliphatic rings. The van der Waals surface area contributed by atoms with Crippen molar-refractivity contribution in [3.05, 3.63) is 65.2 Å². The van der Waals surface area contributed by atoms with Crippen molar-refractivity contribution >= 4 is 11.6 Å². The Kier molecular flexibility index (Phi) is 5.02. The second kappa shape index (κ2) is 7.45. The van der Waals surface area contributed by atoms with Crippen molar-refractivity contribution in [2.45, 2.75) is 44.9 Å². The number of anilines is 1. The van der Waals surface area contributed by atoms with E-state index in [1.54, 1.807) is 0 Å². The van der Waals surface area contributed by atoms with Crippen LogP contribution in [0.3, 0.4) is 0 Å². The number of benzene rings is 2. The van der Waals surface area contributed by atoms with Crippen LogP contribution in [0.4, 0.5) is 5.69 Å². The van der Waals surface area contributed by atoms with Crippen molar-refractivity contribution in [1.29, 1.82) is 0 Å². The van der Waals surface area contributed by atoms with Gasteiger partial charge in [-0.15, -0.1) is 0 Å². The predicted molar refractivity (Wildman–Crippen MR) is 108 cm³/mol. The molecule has 1 fully saturated rings. The second-order valence-corrected chi connectivity index (χ2v) is 8.12. The largest absolute Gasteiger partial charge is 0.387 e. The van der Waals surface area contributed by atoms with Gasteiger partial charge in [-0.05, 0) is 56.0 Å². The van der Waals surface area contributed by atoms with Crippen molar-refractivity contribution < 1.29 is 9.90 Å². The minimum absolute atomic E-state index is 0.209. The van der Waals surface area contributed by atoms with E-state index in [0.717, 1.165) is 37.1 Å². The van der Waals surface area contributed by atoms with Gasteiger partial charge in [0.15, 0.2) is 0 Å². The monoisotopic (exact) mass is 364 g/mol. The number of carbonyl (C=O) groups is 1. The Hall–Kier alpha value is -2.17. The molecule has 1 aliphatic carbocycles. The average Bonchev–Trinajstić information content (AvgIpc) is 3.44. The van der Waals surface area contributed by atoms with Gasteiger partial charge in [0.2, 0.25) is 5.91 Å². The molecule has 1 heterocycles. The molecule has 0 bridgehead atoms. The number of aliphatic hydroxyl groups is 1. The first-order valence-electron chi connectivity index (χ1n) is 9.89. The maximum absolute atomic E-state index is 12.6. The van der Waals surface area contributed by atoms with Crippen LogP contribution in [0.1, 0.15) is 42.6 Å². The lowest BCUT2D eigenvalue weighted by atomic mass is 10.0. The number of likely N-dealkylation sites (N-methyl/N-ethyl adjacent to an activating group) is 1. The zero-order chi connectivity index (χ0) is 19.0. The summed E-state index contributed by atoms with van der Waals surface area (Å²) in [7, 11) is 2.03. The maximum Gasteiger partial charge on any atom is 0.230 e. The highest BCUT2D eigenvalue weighted by atomic mass is 16.3. The van der Waals surface area contributed by atoms with E-state index in [-0.39, 0.29) is 17.9 Å². The molecule has 1 amide bonds. The zero-order valence-electron chi connectivity index (χ0n) is 16.1. The number of hydrogen-bond donors (Lipinski definition) is 1. The lowest BCUT2D eigenvalue weighted by Crippen LogP contribution is -2.36. The van der Waals surface area contributed by atoms with E-state index in [9.17, 15) is 9.90 Å². The predicted octanol–water partition coefficient (Wildman–Crippen LogP) is 3.54. The smallest absolute Gasteiger partial charge is 0.230 e. The summed E-state index contributed by atoms with van der Waals surface area (Å²) < 4.78 is 0. The molecule has 2 unspecified atom stereocenters. The van der Waals surface area contributed by atoms with Gasteiger partial charge in [-0.3, -0.25) is 9.69 Å². The number of amides is 1. The van der Waals surface area contributed by atoms with Gasteiger partial charge in [0, 0.05) is 30.7 Å². The van der Waals surface area contributed by atoms with Crippen LogP contribution in [0.2, 0.25) is 0 Å². The van der Waals surface area contributed by atoms with E-state index in [4.69, 9.17) is 0 Å². The molecule has 2 aromatic carbocycles. The zero-order valence-corrected chi connectivity index (χ0v) is 16.1. The molecule has 1 saturated carbocycles. The second-order valence-electron chi connectivity index (χ2n) is 8.12. The molecule has 27 heavy (non-hydrogen) atoms. The fourth-order valence-corrected chi connectivity index (χ4v) is 4.08. The highest BCUT2D eigenvalue weighted by Gasteiger charge is 2.39. The lowest BCUT2D eigenvalue weighted by molar-refractivity contribution is -0.120. The third kappa shape index (κ3) is 3.92. The standard InChI is InChI=1S/C23H28N2O2/c1-16-12-20-13-19(10-11-21(20)25(16)23(27)18-8-9-18)22(26)15-24(2)14-17-6-4-3-5-7-17/h3-7,10-11,13,16,18,22,26H,8-9,12,14-15H2,1-2H3. The average molecular weight is 364 g/mol. The summed E-state index contributed by atoms with van der Waals surface area (Å²) >= 11 is 0. The van der Waals surface area contributed by atoms with Crippen molar-refractivity contribution in [2.24, 2.45) is 5.92 Å². The Morgan fingerprint density at radius 3 is 2.67 bits per heavy atom. The highest BCUT2D eigenvalue weighted by molar-refractivity contribution is 5.99.